The van der Waals surface area contributed by atoms with Crippen LogP contribution in [-0.2, 0) is 15.0 Å². The molecule has 1 aliphatic heterocycles. The Labute approximate surface area is 136 Å². The van der Waals surface area contributed by atoms with Gasteiger partial charge in [-0.1, -0.05) is 12.6 Å². The molecule has 1 aromatic carbocycles. The van der Waals surface area contributed by atoms with Crippen molar-refractivity contribution in [3.05, 3.63) is 36.5 Å². The molecule has 2 rings (SSSR count). The first-order chi connectivity index (χ1) is 10.7. The fraction of sp³-hybridized carbons (Fsp3) is 0.353. The molecule has 0 aromatic heterocycles. The maximum atomic E-state index is 12.3. The molecule has 0 radical (unpaired) electrons. The van der Waals surface area contributed by atoms with Crippen LogP contribution in [0.2, 0.25) is 0 Å². The number of hydrogen-bond donors (Lipinski definition) is 1. The fourth-order valence-electron chi connectivity index (χ4n) is 2.75. The second-order valence-corrected chi connectivity index (χ2v) is 6.02. The maximum absolute atomic E-state index is 12.3. The van der Waals surface area contributed by atoms with Crippen LogP contribution in [0.25, 0.3) is 0 Å². The van der Waals surface area contributed by atoms with Gasteiger partial charge in [-0.25, -0.2) is 0 Å². The summed E-state index contributed by atoms with van der Waals surface area (Å²) in [5.41, 5.74) is 1.83. The fourth-order valence-corrected chi connectivity index (χ4v) is 2.75. The molecule has 0 aliphatic carbocycles. The van der Waals surface area contributed by atoms with Gasteiger partial charge in [0.25, 0.3) is 5.91 Å². The van der Waals surface area contributed by atoms with Crippen LogP contribution in [0.3, 0.4) is 0 Å². The van der Waals surface area contributed by atoms with Crippen molar-refractivity contribution in [2.75, 3.05) is 31.4 Å². The summed E-state index contributed by atoms with van der Waals surface area (Å²) in [6.45, 7) is 7.42. The number of carbonyl (C=O) groups is 2. The Kier molecular flexibility index (Phi) is 4.27. The number of fused-ring (bicyclic) bond motifs is 1. The van der Waals surface area contributed by atoms with Gasteiger partial charge in [-0.05, 0) is 37.7 Å². The molecule has 0 unspecified atom stereocenters. The van der Waals surface area contributed by atoms with E-state index in [0.29, 0.717) is 5.69 Å². The molecular weight excluding hydrogens is 292 g/mol. The zero-order chi connectivity index (χ0) is 17.4. The van der Waals surface area contributed by atoms with E-state index in [-0.39, 0.29) is 17.6 Å². The number of hydrogen-bond acceptors (Lipinski definition) is 3. The lowest BCUT2D eigenvalue weighted by molar-refractivity contribution is -0.121. The van der Waals surface area contributed by atoms with Gasteiger partial charge in [-0.3, -0.25) is 14.6 Å². The van der Waals surface area contributed by atoms with E-state index < -0.39 is 5.41 Å². The SMILES string of the molecule is C=CN(C)C(=NC)C(=O)Nc1ccc2c(c1)N(C)C(=O)C2(C)C. The van der Waals surface area contributed by atoms with Crippen molar-refractivity contribution < 1.29 is 9.59 Å². The largest absolute Gasteiger partial charge is 0.332 e. The minimum atomic E-state index is -0.550. The van der Waals surface area contributed by atoms with E-state index in [0.717, 1.165) is 11.3 Å². The van der Waals surface area contributed by atoms with Gasteiger partial charge >= 0.3 is 0 Å². The van der Waals surface area contributed by atoms with Crippen molar-refractivity contribution in [1.82, 2.24) is 4.90 Å². The molecule has 0 saturated carbocycles. The van der Waals surface area contributed by atoms with Crippen LogP contribution in [0.5, 0.6) is 0 Å². The number of amidine groups is 1. The van der Waals surface area contributed by atoms with Gasteiger partial charge < -0.3 is 15.1 Å². The predicted molar refractivity (Wildman–Crippen MR) is 92.8 cm³/mol. The summed E-state index contributed by atoms with van der Waals surface area (Å²) in [7, 11) is 4.99. The van der Waals surface area contributed by atoms with Gasteiger partial charge in [-0.15, -0.1) is 0 Å². The van der Waals surface area contributed by atoms with Crippen molar-refractivity contribution in [3.63, 3.8) is 0 Å². The van der Waals surface area contributed by atoms with Crippen LogP contribution in [-0.4, -0.2) is 43.7 Å². The number of likely N-dealkylation sites (N-methyl/N-ethyl adjacent to an activating group) is 2. The van der Waals surface area contributed by atoms with Crippen molar-refractivity contribution in [1.29, 1.82) is 0 Å². The summed E-state index contributed by atoms with van der Waals surface area (Å²) in [5, 5.41) is 2.80. The molecule has 0 atom stereocenters. The average Bonchev–Trinajstić information content (AvgIpc) is 2.68. The minimum absolute atomic E-state index is 0.0400. The van der Waals surface area contributed by atoms with Gasteiger partial charge in [0.15, 0.2) is 5.84 Å². The topological polar surface area (TPSA) is 65.0 Å². The highest BCUT2D eigenvalue weighted by atomic mass is 16.2. The first kappa shape index (κ1) is 16.7. The van der Waals surface area contributed by atoms with E-state index in [1.54, 1.807) is 43.1 Å². The smallest absolute Gasteiger partial charge is 0.291 e. The Morgan fingerprint density at radius 2 is 2.09 bits per heavy atom. The number of benzene rings is 1. The van der Waals surface area contributed by atoms with Crippen LogP contribution in [0.4, 0.5) is 11.4 Å². The van der Waals surface area contributed by atoms with Crippen LogP contribution in [0.15, 0.2) is 36.0 Å². The molecule has 0 fully saturated rings. The lowest BCUT2D eigenvalue weighted by Crippen LogP contribution is -2.34. The van der Waals surface area contributed by atoms with E-state index >= 15 is 0 Å². The zero-order valence-corrected chi connectivity index (χ0v) is 14.2. The van der Waals surface area contributed by atoms with Crippen molar-refractivity contribution >= 4 is 29.0 Å². The third kappa shape index (κ3) is 2.72. The van der Waals surface area contributed by atoms with Crippen LogP contribution in [0, 0.1) is 0 Å². The second kappa shape index (κ2) is 5.87. The second-order valence-electron chi connectivity index (χ2n) is 6.02. The summed E-state index contributed by atoms with van der Waals surface area (Å²) >= 11 is 0. The van der Waals surface area contributed by atoms with Gasteiger partial charge in [0, 0.05) is 32.5 Å². The number of rotatable bonds is 2. The third-order valence-electron chi connectivity index (χ3n) is 4.15. The highest BCUT2D eigenvalue weighted by Gasteiger charge is 2.42. The van der Waals surface area contributed by atoms with Crippen LogP contribution >= 0.6 is 0 Å². The highest BCUT2D eigenvalue weighted by Crippen LogP contribution is 2.41. The predicted octanol–water partition coefficient (Wildman–Crippen LogP) is 1.98. The number of nitrogens with one attached hydrogen (secondary N) is 1. The molecule has 1 aliphatic rings. The normalized spacial score (nSPS) is 16.1. The van der Waals surface area contributed by atoms with Gasteiger partial charge in [0.1, 0.15) is 0 Å². The van der Waals surface area contributed by atoms with Gasteiger partial charge in [0.2, 0.25) is 5.91 Å². The van der Waals surface area contributed by atoms with Crippen molar-refractivity contribution in [2.45, 2.75) is 19.3 Å². The molecule has 0 saturated heterocycles. The molecule has 122 valence electrons. The third-order valence-corrected chi connectivity index (χ3v) is 4.15. The van der Waals surface area contributed by atoms with Gasteiger partial charge in [-0.2, -0.15) is 0 Å². The maximum Gasteiger partial charge on any atom is 0.291 e. The molecule has 1 aromatic rings. The summed E-state index contributed by atoms with van der Waals surface area (Å²) in [5.74, 6) is -0.0375. The standard InChI is InChI=1S/C17H22N4O2/c1-7-20(5)14(18-4)15(22)19-11-8-9-12-13(10-11)21(6)16(23)17(12,2)3/h7-10H,1H2,2-6H3,(H,19,22). The number of anilines is 2. The Morgan fingerprint density at radius 3 is 2.65 bits per heavy atom. The van der Waals surface area contributed by atoms with E-state index in [1.807, 2.05) is 19.9 Å². The van der Waals surface area contributed by atoms with Crippen molar-refractivity contribution in [2.24, 2.45) is 4.99 Å². The lowest BCUT2D eigenvalue weighted by Gasteiger charge is -2.17. The molecule has 0 spiro atoms. The Bertz CT molecular complexity index is 707. The molecule has 6 nitrogen and oxygen atoms in total. The molecule has 2 amide bonds. The Balaban J connectivity index is 2.30. The summed E-state index contributed by atoms with van der Waals surface area (Å²) in [6.07, 6.45) is 1.51. The quantitative estimate of drug-likeness (QED) is 0.670. The molecule has 1 heterocycles. The first-order valence-electron chi connectivity index (χ1n) is 7.30. The zero-order valence-electron chi connectivity index (χ0n) is 14.2. The van der Waals surface area contributed by atoms with E-state index in [4.69, 9.17) is 0 Å². The molecular formula is C17H22N4O2. The summed E-state index contributed by atoms with van der Waals surface area (Å²) in [4.78, 5) is 31.7. The van der Waals surface area contributed by atoms with Crippen molar-refractivity contribution in [3.8, 4) is 0 Å². The number of aliphatic imine (C=N–C) groups is 1. The van der Waals surface area contributed by atoms with E-state index in [2.05, 4.69) is 16.9 Å². The highest BCUT2D eigenvalue weighted by molar-refractivity contribution is 6.42. The monoisotopic (exact) mass is 314 g/mol. The number of carbonyl (C=O) groups excluding carboxylic acids is 2. The Hall–Kier alpha value is -2.63. The minimum Gasteiger partial charge on any atom is -0.332 e. The van der Waals surface area contributed by atoms with Crippen LogP contribution < -0.4 is 10.2 Å². The first-order valence-corrected chi connectivity index (χ1v) is 7.30. The Morgan fingerprint density at radius 1 is 1.43 bits per heavy atom. The number of nitrogens with zero attached hydrogens (tertiary/aromatic N) is 3. The molecule has 1 N–H and O–H groups in total. The van der Waals surface area contributed by atoms with E-state index in [9.17, 15) is 9.59 Å². The lowest BCUT2D eigenvalue weighted by atomic mass is 9.86. The van der Waals surface area contributed by atoms with Crippen LogP contribution in [0.1, 0.15) is 19.4 Å². The summed E-state index contributed by atoms with van der Waals surface area (Å²) in [6, 6.07) is 5.49. The summed E-state index contributed by atoms with van der Waals surface area (Å²) < 4.78 is 0. The molecule has 6 heteroatoms. The van der Waals surface area contributed by atoms with E-state index in [1.165, 1.54) is 6.20 Å². The number of amides is 2. The average molecular weight is 314 g/mol. The van der Waals surface area contributed by atoms with Gasteiger partial charge in [0.05, 0.1) is 5.41 Å². The molecule has 23 heavy (non-hydrogen) atoms. The molecule has 0 bridgehead atoms.